The van der Waals surface area contributed by atoms with Crippen molar-refractivity contribution >= 4 is 31.3 Å². The van der Waals surface area contributed by atoms with E-state index in [1.165, 1.54) is 0 Å². The Labute approximate surface area is 173 Å². The number of sulfone groups is 1. The first-order chi connectivity index (χ1) is 14.2. The van der Waals surface area contributed by atoms with Crippen LogP contribution < -0.4 is 4.72 Å². The van der Waals surface area contributed by atoms with Gasteiger partial charge in [-0.25, -0.2) is 16.8 Å². The Bertz CT molecular complexity index is 1250. The molecule has 156 valence electrons. The van der Waals surface area contributed by atoms with Crippen LogP contribution in [-0.2, 0) is 31.4 Å². The van der Waals surface area contributed by atoms with Crippen molar-refractivity contribution in [2.75, 3.05) is 4.72 Å². The minimum absolute atomic E-state index is 0.257. The molecule has 0 amide bonds. The largest absolute Gasteiger partial charge is 0.423 e. The number of rotatable bonds is 9. The molecule has 9 nitrogen and oxygen atoms in total. The van der Waals surface area contributed by atoms with Gasteiger partial charge in [0.15, 0.2) is 15.6 Å². The summed E-state index contributed by atoms with van der Waals surface area (Å²) in [4.78, 5) is 12.0. The number of benzene rings is 2. The fourth-order valence-electron chi connectivity index (χ4n) is 2.37. The van der Waals surface area contributed by atoms with E-state index in [9.17, 15) is 21.6 Å². The molecule has 0 aliphatic heterocycles. The molecule has 1 N–H and O–H groups in total. The van der Waals surface area contributed by atoms with Crippen molar-refractivity contribution in [3.63, 3.8) is 0 Å². The fourth-order valence-corrected chi connectivity index (χ4v) is 4.27. The van der Waals surface area contributed by atoms with Crippen molar-refractivity contribution in [1.82, 2.24) is 10.2 Å². The van der Waals surface area contributed by atoms with E-state index in [0.29, 0.717) is 11.3 Å². The molecule has 3 rings (SSSR count). The van der Waals surface area contributed by atoms with E-state index >= 15 is 0 Å². The van der Waals surface area contributed by atoms with Gasteiger partial charge in [0.1, 0.15) is 11.5 Å². The van der Waals surface area contributed by atoms with Gasteiger partial charge >= 0.3 is 0 Å². The Morgan fingerprint density at radius 1 is 0.867 bits per heavy atom. The van der Waals surface area contributed by atoms with E-state index in [0.717, 1.165) is 11.5 Å². The molecule has 30 heavy (non-hydrogen) atoms. The topological polar surface area (TPSA) is 136 Å². The normalized spacial score (nSPS) is 12.1. The van der Waals surface area contributed by atoms with Gasteiger partial charge in [-0.05, 0) is 18.2 Å². The molecule has 0 saturated heterocycles. The summed E-state index contributed by atoms with van der Waals surface area (Å²) in [5.41, 5.74) is 0.716. The summed E-state index contributed by atoms with van der Waals surface area (Å²) in [5.74, 6) is -2.28. The summed E-state index contributed by atoms with van der Waals surface area (Å²) in [6.07, 6.45) is 0.941. The lowest BCUT2D eigenvalue weighted by Gasteiger charge is -2.05. The average Bonchev–Trinajstić information content (AvgIpc) is 3.12. The molecular weight excluding hydrogens is 430 g/mol. The highest BCUT2D eigenvalue weighted by Gasteiger charge is 2.20. The van der Waals surface area contributed by atoms with E-state index in [1.54, 1.807) is 60.7 Å². The third kappa shape index (κ3) is 6.36. The fraction of sp³-hybridized carbons (Fsp3) is 0.105. The third-order valence-electron chi connectivity index (χ3n) is 3.68. The highest BCUT2D eigenvalue weighted by Crippen LogP contribution is 2.13. The maximum Gasteiger partial charge on any atom is 0.241 e. The molecule has 0 aliphatic rings. The van der Waals surface area contributed by atoms with Gasteiger partial charge in [0.2, 0.25) is 21.8 Å². The van der Waals surface area contributed by atoms with Crippen molar-refractivity contribution < 1.29 is 26.0 Å². The summed E-state index contributed by atoms with van der Waals surface area (Å²) >= 11 is 0. The number of carbonyl (C=O) groups is 1. The second-order valence-corrected chi connectivity index (χ2v) is 9.77. The molecular formula is C19H17N3O6S2. The second kappa shape index (κ2) is 9.01. The first-order valence-electron chi connectivity index (χ1n) is 8.59. The van der Waals surface area contributed by atoms with Crippen LogP contribution in [0.2, 0.25) is 0 Å². The molecule has 0 fully saturated rings. The molecule has 0 spiro atoms. The Balaban J connectivity index is 1.63. The maximum absolute atomic E-state index is 12.2. The molecule has 1 heterocycles. The Morgan fingerprint density at radius 3 is 2.07 bits per heavy atom. The first-order valence-corrected chi connectivity index (χ1v) is 12.0. The molecule has 11 heteroatoms. The van der Waals surface area contributed by atoms with Crippen LogP contribution in [0.4, 0.5) is 5.69 Å². The number of hydrogen-bond donors (Lipinski definition) is 1. The molecule has 0 atom stereocenters. The second-order valence-electron chi connectivity index (χ2n) is 6.16. The van der Waals surface area contributed by atoms with E-state index < -0.39 is 37.1 Å². The van der Waals surface area contributed by atoms with E-state index in [2.05, 4.69) is 14.9 Å². The van der Waals surface area contributed by atoms with Crippen LogP contribution in [-0.4, -0.2) is 32.8 Å². The molecule has 0 radical (unpaired) electrons. The van der Waals surface area contributed by atoms with Gasteiger partial charge in [-0.1, -0.05) is 48.5 Å². The number of para-hydroxylation sites is 1. The molecule has 0 aliphatic carbocycles. The van der Waals surface area contributed by atoms with Crippen LogP contribution in [0.1, 0.15) is 22.1 Å². The minimum atomic E-state index is -3.88. The van der Waals surface area contributed by atoms with E-state index in [-0.39, 0.29) is 11.8 Å². The van der Waals surface area contributed by atoms with Gasteiger partial charge in [0.05, 0.1) is 0 Å². The summed E-state index contributed by atoms with van der Waals surface area (Å²) < 4.78 is 56.2. The van der Waals surface area contributed by atoms with Crippen LogP contribution >= 0.6 is 0 Å². The number of sulfonamides is 1. The van der Waals surface area contributed by atoms with Gasteiger partial charge in [0.25, 0.3) is 0 Å². The van der Waals surface area contributed by atoms with Gasteiger partial charge < -0.3 is 4.42 Å². The van der Waals surface area contributed by atoms with Crippen LogP contribution in [0.25, 0.3) is 0 Å². The average molecular weight is 447 g/mol. The summed E-state index contributed by atoms with van der Waals surface area (Å²) in [6, 6.07) is 16.4. The van der Waals surface area contributed by atoms with Crippen molar-refractivity contribution in [1.29, 1.82) is 0 Å². The lowest BCUT2D eigenvalue weighted by Crippen LogP contribution is -2.15. The number of nitrogens with one attached hydrogen (secondary N) is 1. The van der Waals surface area contributed by atoms with Crippen molar-refractivity contribution in [2.45, 2.75) is 11.5 Å². The summed E-state index contributed by atoms with van der Waals surface area (Å²) in [6.45, 7) is 0. The zero-order chi connectivity index (χ0) is 21.6. The zero-order valence-electron chi connectivity index (χ0n) is 15.5. The van der Waals surface area contributed by atoms with Crippen molar-refractivity contribution in [3.05, 3.63) is 89.5 Å². The van der Waals surface area contributed by atoms with Gasteiger partial charge in [-0.15, -0.1) is 10.2 Å². The highest BCUT2D eigenvalue weighted by atomic mass is 32.2. The van der Waals surface area contributed by atoms with Crippen LogP contribution in [0.5, 0.6) is 0 Å². The van der Waals surface area contributed by atoms with Gasteiger partial charge in [-0.2, -0.15) is 0 Å². The predicted molar refractivity (Wildman–Crippen MR) is 110 cm³/mol. The minimum Gasteiger partial charge on any atom is -0.423 e. The number of ketones is 1. The number of aromatic nitrogens is 2. The highest BCUT2D eigenvalue weighted by molar-refractivity contribution is 7.93. The molecule has 1 aromatic heterocycles. The van der Waals surface area contributed by atoms with Gasteiger partial charge in [0, 0.05) is 16.7 Å². The molecule has 0 bridgehead atoms. The number of anilines is 1. The number of nitrogens with zero attached hydrogens (tertiary/aromatic N) is 2. The predicted octanol–water partition coefficient (Wildman–Crippen LogP) is 2.32. The lowest BCUT2D eigenvalue weighted by molar-refractivity contribution is 0.104. The van der Waals surface area contributed by atoms with Gasteiger partial charge in [-0.3, -0.25) is 9.52 Å². The van der Waals surface area contributed by atoms with Crippen LogP contribution in [0, 0.1) is 0 Å². The Morgan fingerprint density at radius 2 is 1.43 bits per heavy atom. The van der Waals surface area contributed by atoms with Crippen LogP contribution in [0.3, 0.4) is 0 Å². The molecule has 0 saturated carbocycles. The maximum atomic E-state index is 12.2. The number of allylic oxidation sites excluding steroid dienone is 1. The van der Waals surface area contributed by atoms with E-state index in [4.69, 9.17) is 4.42 Å². The Kier molecular flexibility index (Phi) is 6.43. The van der Waals surface area contributed by atoms with Crippen LogP contribution in [0.15, 0.2) is 76.6 Å². The van der Waals surface area contributed by atoms with E-state index in [1.807, 2.05) is 0 Å². The number of carbonyl (C=O) groups excluding carboxylic acids is 1. The molecule has 3 aromatic rings. The summed E-state index contributed by atoms with van der Waals surface area (Å²) in [5, 5.41) is 7.91. The lowest BCUT2D eigenvalue weighted by atomic mass is 10.1. The Hall–Kier alpha value is -3.31. The smallest absolute Gasteiger partial charge is 0.241 e. The quantitative estimate of drug-likeness (QED) is 0.390. The molecule has 2 aromatic carbocycles. The number of hydrogen-bond acceptors (Lipinski definition) is 8. The molecule has 0 unspecified atom stereocenters. The SMILES string of the molecule is O=C(/C=C/S(=O)(=O)Cc1nnc(CS(=O)(=O)Nc2ccccc2)o1)c1ccccc1. The van der Waals surface area contributed by atoms with Crippen molar-refractivity contribution in [2.24, 2.45) is 0 Å². The zero-order valence-corrected chi connectivity index (χ0v) is 17.1. The summed E-state index contributed by atoms with van der Waals surface area (Å²) in [7, 11) is -7.70. The standard InChI is InChI=1S/C19H17N3O6S2/c23-17(15-7-3-1-4-8-15)11-12-29(24,25)13-18-20-21-19(28-18)14-30(26,27)22-16-9-5-2-6-10-16/h1-12,22H,13-14H2/b12-11+. The third-order valence-corrected chi connectivity index (χ3v) is 6.05. The van der Waals surface area contributed by atoms with Crippen molar-refractivity contribution in [3.8, 4) is 0 Å². The monoisotopic (exact) mass is 447 g/mol. The first kappa shape index (κ1) is 21.4.